The van der Waals surface area contributed by atoms with Gasteiger partial charge in [0.2, 0.25) is 11.8 Å². The molecule has 0 spiro atoms. The van der Waals surface area contributed by atoms with E-state index in [9.17, 15) is 14.4 Å². The predicted octanol–water partition coefficient (Wildman–Crippen LogP) is 4.11. The number of hydrogen-bond acceptors (Lipinski definition) is 3. The van der Waals surface area contributed by atoms with Gasteiger partial charge < -0.3 is 5.32 Å². The molecule has 2 aromatic rings. The number of aryl methyl sites for hydroxylation is 1. The largest absolute Gasteiger partial charge is 0.322 e. The van der Waals surface area contributed by atoms with Gasteiger partial charge in [-0.15, -0.1) is 0 Å². The summed E-state index contributed by atoms with van der Waals surface area (Å²) in [4.78, 5) is 41.5. The molecule has 3 fully saturated rings. The minimum absolute atomic E-state index is 0.147. The molecule has 2 bridgehead atoms. The molecule has 5 nitrogen and oxygen atoms in total. The van der Waals surface area contributed by atoms with E-state index in [4.69, 9.17) is 0 Å². The third-order valence-electron chi connectivity index (χ3n) is 7.91. The summed E-state index contributed by atoms with van der Waals surface area (Å²) in [5.41, 5.74) is 3.54. The Kier molecular flexibility index (Phi) is 3.83. The molecule has 7 rings (SSSR count). The number of nitrogens with one attached hydrogen (secondary N) is 1. The maximum atomic E-state index is 13.5. The zero-order chi connectivity index (χ0) is 21.4. The molecule has 0 radical (unpaired) electrons. The van der Waals surface area contributed by atoms with Gasteiger partial charge in [-0.1, -0.05) is 36.4 Å². The summed E-state index contributed by atoms with van der Waals surface area (Å²) < 4.78 is 0. The molecule has 156 valence electrons. The van der Waals surface area contributed by atoms with E-state index in [2.05, 4.69) is 17.5 Å². The Morgan fingerprint density at radius 1 is 0.903 bits per heavy atom. The van der Waals surface area contributed by atoms with Crippen molar-refractivity contribution < 1.29 is 14.4 Å². The first-order valence-corrected chi connectivity index (χ1v) is 11.0. The molecule has 4 aliphatic carbocycles. The van der Waals surface area contributed by atoms with E-state index in [0.717, 1.165) is 23.2 Å². The Labute approximate surface area is 181 Å². The highest BCUT2D eigenvalue weighted by Gasteiger charge is 2.67. The molecule has 31 heavy (non-hydrogen) atoms. The topological polar surface area (TPSA) is 66.5 Å². The summed E-state index contributed by atoms with van der Waals surface area (Å²) in [5.74, 6) is 0.270. The quantitative estimate of drug-likeness (QED) is 0.609. The molecule has 2 saturated carbocycles. The second-order valence-corrected chi connectivity index (χ2v) is 9.39. The van der Waals surface area contributed by atoms with Gasteiger partial charge in [-0.2, -0.15) is 0 Å². The molecule has 2 aromatic carbocycles. The number of amides is 3. The van der Waals surface area contributed by atoms with Crippen molar-refractivity contribution in [3.63, 3.8) is 0 Å². The van der Waals surface area contributed by atoms with Crippen LogP contribution in [-0.4, -0.2) is 17.7 Å². The predicted molar refractivity (Wildman–Crippen MR) is 118 cm³/mol. The fraction of sp³-hybridized carbons (Fsp3) is 0.346. The van der Waals surface area contributed by atoms with E-state index in [1.54, 1.807) is 24.3 Å². The highest BCUT2D eigenvalue weighted by Crippen LogP contribution is 2.65. The van der Waals surface area contributed by atoms with Crippen molar-refractivity contribution in [3.8, 4) is 0 Å². The molecule has 1 aliphatic heterocycles. The standard InChI is InChI=1S/C26H24N2O3/c1-13-6-5-8-20(14(13)2)27-24(29)17-7-3-4-9-21(17)28-25(30)22-15-10-11-16(19-12-18(15)19)23(22)26(28)31/h3-11,15-16,18-19,22-23H,12H2,1-2H3,(H,27,29)/t15-,16-,18-,19-,22-,23+/m0/s1. The van der Waals surface area contributed by atoms with E-state index in [-0.39, 0.29) is 41.4 Å². The molecule has 3 amide bonds. The van der Waals surface area contributed by atoms with Crippen LogP contribution in [0.2, 0.25) is 0 Å². The molecule has 1 heterocycles. The average Bonchev–Trinajstić information content (AvgIpc) is 3.55. The van der Waals surface area contributed by atoms with Crippen LogP contribution in [0.4, 0.5) is 11.4 Å². The maximum absolute atomic E-state index is 13.5. The van der Waals surface area contributed by atoms with Gasteiger partial charge >= 0.3 is 0 Å². The fourth-order valence-corrected chi connectivity index (χ4v) is 6.13. The number of rotatable bonds is 3. The Hall–Kier alpha value is -3.21. The number of carbonyl (C=O) groups excluding carboxylic acids is 3. The first-order chi connectivity index (χ1) is 15.0. The summed E-state index contributed by atoms with van der Waals surface area (Å²) in [6, 6.07) is 12.7. The lowest BCUT2D eigenvalue weighted by molar-refractivity contribution is -0.124. The van der Waals surface area contributed by atoms with Gasteiger partial charge in [-0.25, -0.2) is 4.90 Å². The van der Waals surface area contributed by atoms with E-state index < -0.39 is 0 Å². The Bertz CT molecular complexity index is 1150. The molecule has 0 unspecified atom stereocenters. The van der Waals surface area contributed by atoms with E-state index >= 15 is 0 Å². The van der Waals surface area contributed by atoms with Crippen molar-refractivity contribution in [2.45, 2.75) is 20.3 Å². The van der Waals surface area contributed by atoms with Crippen LogP contribution in [0.5, 0.6) is 0 Å². The minimum Gasteiger partial charge on any atom is -0.322 e. The zero-order valence-electron chi connectivity index (χ0n) is 17.5. The SMILES string of the molecule is Cc1cccc(NC(=O)c2ccccc2N2C(=O)[C@@H]3[C@H]4C=C[C@@H]([C@@H]5C[C@@H]45)[C@@H]3C2=O)c1C. The number of hydrogen-bond donors (Lipinski definition) is 1. The Morgan fingerprint density at radius 2 is 1.55 bits per heavy atom. The summed E-state index contributed by atoms with van der Waals surface area (Å²) in [6.07, 6.45) is 5.45. The van der Waals surface area contributed by atoms with Gasteiger partial charge in [0.15, 0.2) is 0 Å². The zero-order valence-corrected chi connectivity index (χ0v) is 17.5. The van der Waals surface area contributed by atoms with Gasteiger partial charge in [-0.3, -0.25) is 14.4 Å². The van der Waals surface area contributed by atoms with Crippen LogP contribution in [0.25, 0.3) is 0 Å². The van der Waals surface area contributed by atoms with Crippen LogP contribution in [0, 0.1) is 49.4 Å². The van der Waals surface area contributed by atoms with Crippen molar-refractivity contribution in [1.82, 2.24) is 0 Å². The molecule has 1 N–H and O–H groups in total. The molecule has 6 atom stereocenters. The molecule has 0 aromatic heterocycles. The molecule has 1 saturated heterocycles. The second kappa shape index (κ2) is 6.39. The van der Waals surface area contributed by atoms with Crippen molar-refractivity contribution in [2.24, 2.45) is 35.5 Å². The van der Waals surface area contributed by atoms with Crippen molar-refractivity contribution in [1.29, 1.82) is 0 Å². The van der Waals surface area contributed by atoms with Crippen molar-refractivity contribution in [2.75, 3.05) is 10.2 Å². The number of anilines is 2. The second-order valence-electron chi connectivity index (χ2n) is 9.39. The lowest BCUT2D eigenvalue weighted by Gasteiger charge is -2.37. The van der Waals surface area contributed by atoms with Crippen LogP contribution in [0.15, 0.2) is 54.6 Å². The lowest BCUT2D eigenvalue weighted by atomic mass is 9.63. The third kappa shape index (κ3) is 2.52. The first kappa shape index (κ1) is 18.6. The van der Waals surface area contributed by atoms with Gasteiger partial charge in [0.25, 0.3) is 5.91 Å². The summed E-state index contributed by atoms with van der Waals surface area (Å²) in [5, 5.41) is 2.97. The smallest absolute Gasteiger partial charge is 0.257 e. The monoisotopic (exact) mass is 412 g/mol. The Morgan fingerprint density at radius 3 is 2.23 bits per heavy atom. The Balaban J connectivity index is 1.35. The number of allylic oxidation sites excluding steroid dienone is 2. The van der Waals surface area contributed by atoms with Crippen molar-refractivity contribution in [3.05, 3.63) is 71.3 Å². The molecule has 5 heteroatoms. The minimum atomic E-state index is -0.316. The van der Waals surface area contributed by atoms with E-state index in [0.29, 0.717) is 23.1 Å². The molecular weight excluding hydrogens is 388 g/mol. The third-order valence-corrected chi connectivity index (χ3v) is 7.91. The number of imide groups is 1. The number of carbonyl (C=O) groups is 3. The average molecular weight is 412 g/mol. The number of nitrogens with zero attached hydrogens (tertiary/aromatic N) is 1. The van der Waals surface area contributed by atoms with E-state index in [1.807, 2.05) is 32.0 Å². The molecular formula is C26H24N2O3. The van der Waals surface area contributed by atoms with Crippen LogP contribution in [0.1, 0.15) is 27.9 Å². The van der Waals surface area contributed by atoms with Gasteiger partial charge in [0, 0.05) is 5.69 Å². The van der Waals surface area contributed by atoms with Crippen LogP contribution in [0.3, 0.4) is 0 Å². The van der Waals surface area contributed by atoms with Gasteiger partial charge in [0.05, 0.1) is 23.1 Å². The maximum Gasteiger partial charge on any atom is 0.257 e. The highest BCUT2D eigenvalue weighted by molar-refractivity contribution is 6.25. The fourth-order valence-electron chi connectivity index (χ4n) is 6.13. The van der Waals surface area contributed by atoms with Crippen LogP contribution < -0.4 is 10.2 Å². The number of benzene rings is 2. The normalized spacial score (nSPS) is 32.1. The first-order valence-electron chi connectivity index (χ1n) is 11.0. The lowest BCUT2D eigenvalue weighted by Crippen LogP contribution is -2.40. The van der Waals surface area contributed by atoms with Crippen LogP contribution in [-0.2, 0) is 9.59 Å². The highest BCUT2D eigenvalue weighted by atomic mass is 16.2. The summed E-state index contributed by atoms with van der Waals surface area (Å²) >= 11 is 0. The van der Waals surface area contributed by atoms with Crippen molar-refractivity contribution >= 4 is 29.1 Å². The van der Waals surface area contributed by atoms with Gasteiger partial charge in [-0.05, 0) is 73.3 Å². The summed E-state index contributed by atoms with van der Waals surface area (Å²) in [7, 11) is 0. The molecule has 5 aliphatic rings. The van der Waals surface area contributed by atoms with Crippen LogP contribution >= 0.6 is 0 Å². The van der Waals surface area contributed by atoms with E-state index in [1.165, 1.54) is 4.90 Å². The summed E-state index contributed by atoms with van der Waals surface area (Å²) in [6.45, 7) is 3.96. The van der Waals surface area contributed by atoms with Gasteiger partial charge in [0.1, 0.15) is 0 Å². The number of para-hydroxylation sites is 1.